The van der Waals surface area contributed by atoms with E-state index in [0.29, 0.717) is 6.54 Å². The molecule has 1 aromatic rings. The first kappa shape index (κ1) is 15.9. The van der Waals surface area contributed by atoms with E-state index in [-0.39, 0.29) is 11.8 Å². The minimum atomic E-state index is -2.97. The average Bonchev–Trinajstić information content (AvgIpc) is 2.26. The molecule has 0 saturated carbocycles. The fourth-order valence-corrected chi connectivity index (χ4v) is 3.06. The molecule has 1 atom stereocenters. The highest BCUT2D eigenvalue weighted by atomic mass is 32.2. The van der Waals surface area contributed by atoms with Gasteiger partial charge in [-0.2, -0.15) is 0 Å². The summed E-state index contributed by atoms with van der Waals surface area (Å²) in [6, 6.07) is -0.108. The Morgan fingerprint density at radius 2 is 2.05 bits per heavy atom. The first-order valence-electron chi connectivity index (χ1n) is 6.14. The van der Waals surface area contributed by atoms with Crippen LogP contribution in [0.5, 0.6) is 5.75 Å². The van der Waals surface area contributed by atoms with Crippen LogP contribution in [-0.2, 0) is 16.4 Å². The smallest absolute Gasteiger partial charge is 0.148 e. The third-order valence-electron chi connectivity index (χ3n) is 2.92. The molecule has 0 aliphatic rings. The maximum atomic E-state index is 11.2. The fraction of sp³-hybridized carbons (Fsp3) is 0.615. The lowest BCUT2D eigenvalue weighted by molar-refractivity contribution is 0.406. The molecule has 0 radical (unpaired) electrons. The van der Waals surface area contributed by atoms with E-state index in [9.17, 15) is 8.42 Å². The highest BCUT2D eigenvalue weighted by Gasteiger charge is 2.13. The third-order valence-corrected chi connectivity index (χ3v) is 4.03. The Hall–Kier alpha value is -1.14. The molecule has 1 N–H and O–H groups in total. The zero-order valence-corrected chi connectivity index (χ0v) is 13.0. The summed E-state index contributed by atoms with van der Waals surface area (Å²) in [6.07, 6.45) is 3.01. The lowest BCUT2D eigenvalue weighted by atomic mass is 10.1. The van der Waals surface area contributed by atoms with Crippen molar-refractivity contribution in [2.45, 2.75) is 33.4 Å². The second kappa shape index (κ2) is 6.34. The minimum Gasteiger partial charge on any atom is -0.496 e. The summed E-state index contributed by atoms with van der Waals surface area (Å²) in [5.41, 5.74) is 2.86. The number of aryl methyl sites for hydroxylation is 1. The molecular formula is C13H22N2O3S. The second-order valence-corrected chi connectivity index (χ2v) is 7.11. The number of rotatable bonds is 6. The first-order chi connectivity index (χ1) is 8.74. The molecule has 0 bridgehead atoms. The van der Waals surface area contributed by atoms with Gasteiger partial charge in [0.15, 0.2) is 0 Å². The Bertz CT molecular complexity index is 541. The maximum absolute atomic E-state index is 11.2. The molecule has 0 fully saturated rings. The number of sulfone groups is 1. The Morgan fingerprint density at radius 1 is 1.42 bits per heavy atom. The summed E-state index contributed by atoms with van der Waals surface area (Å²) in [4.78, 5) is 4.36. The summed E-state index contributed by atoms with van der Waals surface area (Å²) < 4.78 is 27.7. The molecule has 1 aromatic heterocycles. The van der Waals surface area contributed by atoms with Gasteiger partial charge in [0.05, 0.1) is 18.6 Å². The Morgan fingerprint density at radius 3 is 2.58 bits per heavy atom. The van der Waals surface area contributed by atoms with Crippen LogP contribution in [0.15, 0.2) is 6.20 Å². The topological polar surface area (TPSA) is 68.3 Å². The highest BCUT2D eigenvalue weighted by molar-refractivity contribution is 7.90. The number of hydrogen-bond donors (Lipinski definition) is 1. The average molecular weight is 286 g/mol. The molecule has 1 heterocycles. The van der Waals surface area contributed by atoms with E-state index < -0.39 is 9.84 Å². The predicted octanol–water partition coefficient (Wildman–Crippen LogP) is 1.23. The molecule has 5 nitrogen and oxygen atoms in total. The van der Waals surface area contributed by atoms with E-state index in [1.807, 2.05) is 20.8 Å². The molecule has 0 amide bonds. The molecule has 6 heteroatoms. The fourth-order valence-electron chi connectivity index (χ4n) is 2.03. The number of nitrogens with one attached hydrogen (secondary N) is 1. The number of ether oxygens (including phenoxy) is 1. The number of nitrogens with zero attached hydrogens (tertiary/aromatic N) is 1. The predicted molar refractivity (Wildman–Crippen MR) is 76.3 cm³/mol. The van der Waals surface area contributed by atoms with Gasteiger partial charge < -0.3 is 10.1 Å². The van der Waals surface area contributed by atoms with Gasteiger partial charge in [-0.25, -0.2) is 8.42 Å². The lowest BCUT2D eigenvalue weighted by Crippen LogP contribution is -2.32. The standard InChI is InChI=1S/C13H22N2O3S/c1-9-6-15-12(11(3)13(9)18-4)7-14-10(2)8-19(5,16)17/h6,10,14H,7-8H2,1-5H3. The van der Waals surface area contributed by atoms with Gasteiger partial charge in [0, 0.05) is 36.2 Å². The maximum Gasteiger partial charge on any atom is 0.148 e. The van der Waals surface area contributed by atoms with Crippen LogP contribution in [0.1, 0.15) is 23.7 Å². The van der Waals surface area contributed by atoms with Crippen LogP contribution >= 0.6 is 0 Å². The van der Waals surface area contributed by atoms with Gasteiger partial charge in [-0.1, -0.05) is 0 Å². The lowest BCUT2D eigenvalue weighted by Gasteiger charge is -2.15. The third kappa shape index (κ3) is 4.80. The molecule has 19 heavy (non-hydrogen) atoms. The van der Waals surface area contributed by atoms with Crippen molar-refractivity contribution >= 4 is 9.84 Å². The minimum absolute atomic E-state index is 0.108. The SMILES string of the molecule is COc1c(C)cnc(CNC(C)CS(C)(=O)=O)c1C. The molecule has 0 saturated heterocycles. The van der Waals surface area contributed by atoms with Crippen LogP contribution in [0.25, 0.3) is 0 Å². The van der Waals surface area contributed by atoms with Crippen molar-refractivity contribution in [1.82, 2.24) is 10.3 Å². The van der Waals surface area contributed by atoms with Crippen LogP contribution in [0.3, 0.4) is 0 Å². The van der Waals surface area contributed by atoms with Crippen molar-refractivity contribution in [3.63, 3.8) is 0 Å². The van der Waals surface area contributed by atoms with Gasteiger partial charge >= 0.3 is 0 Å². The zero-order chi connectivity index (χ0) is 14.6. The normalized spacial score (nSPS) is 13.3. The number of methoxy groups -OCH3 is 1. The van der Waals surface area contributed by atoms with Gasteiger partial charge in [0.2, 0.25) is 0 Å². The quantitative estimate of drug-likeness (QED) is 0.852. The molecular weight excluding hydrogens is 264 g/mol. The van der Waals surface area contributed by atoms with Crippen LogP contribution < -0.4 is 10.1 Å². The van der Waals surface area contributed by atoms with Gasteiger partial charge in [0.1, 0.15) is 15.6 Å². The summed E-state index contributed by atoms with van der Waals surface area (Å²) in [5, 5.41) is 3.17. The van der Waals surface area contributed by atoms with Crippen LogP contribution in [0.2, 0.25) is 0 Å². The second-order valence-electron chi connectivity index (χ2n) is 4.92. The van der Waals surface area contributed by atoms with Gasteiger partial charge in [-0.3, -0.25) is 4.98 Å². The number of pyridine rings is 1. The molecule has 108 valence electrons. The number of aromatic nitrogens is 1. The highest BCUT2D eigenvalue weighted by Crippen LogP contribution is 2.23. The molecule has 0 aliphatic carbocycles. The van der Waals surface area contributed by atoms with Crippen molar-refractivity contribution in [2.75, 3.05) is 19.1 Å². The van der Waals surface area contributed by atoms with Crippen molar-refractivity contribution in [3.8, 4) is 5.75 Å². The van der Waals surface area contributed by atoms with Crippen LogP contribution in [0, 0.1) is 13.8 Å². The van der Waals surface area contributed by atoms with E-state index in [1.54, 1.807) is 13.3 Å². The van der Waals surface area contributed by atoms with E-state index in [1.165, 1.54) is 6.26 Å². The van der Waals surface area contributed by atoms with E-state index in [4.69, 9.17) is 4.74 Å². The van der Waals surface area contributed by atoms with Crippen molar-refractivity contribution in [3.05, 3.63) is 23.0 Å². The summed E-state index contributed by atoms with van der Waals surface area (Å²) >= 11 is 0. The van der Waals surface area contributed by atoms with Crippen LogP contribution in [0.4, 0.5) is 0 Å². The summed E-state index contributed by atoms with van der Waals surface area (Å²) in [5.74, 6) is 0.956. The summed E-state index contributed by atoms with van der Waals surface area (Å²) in [7, 11) is -1.33. The molecule has 0 spiro atoms. The Labute approximate surface area is 115 Å². The first-order valence-corrected chi connectivity index (χ1v) is 8.21. The largest absolute Gasteiger partial charge is 0.496 e. The van der Waals surface area contributed by atoms with Crippen molar-refractivity contribution in [2.24, 2.45) is 0 Å². The monoisotopic (exact) mass is 286 g/mol. The molecule has 1 rings (SSSR count). The number of hydrogen-bond acceptors (Lipinski definition) is 5. The van der Waals surface area contributed by atoms with E-state index in [0.717, 1.165) is 22.6 Å². The Kier molecular flexibility index (Phi) is 5.31. The van der Waals surface area contributed by atoms with Crippen LogP contribution in [-0.4, -0.2) is 38.6 Å². The van der Waals surface area contributed by atoms with Crippen molar-refractivity contribution < 1.29 is 13.2 Å². The zero-order valence-electron chi connectivity index (χ0n) is 12.1. The molecule has 1 unspecified atom stereocenters. The molecule has 0 aliphatic heterocycles. The Balaban J connectivity index is 2.74. The van der Waals surface area contributed by atoms with E-state index >= 15 is 0 Å². The van der Waals surface area contributed by atoms with Gasteiger partial charge in [-0.05, 0) is 20.8 Å². The van der Waals surface area contributed by atoms with Gasteiger partial charge in [-0.15, -0.1) is 0 Å². The van der Waals surface area contributed by atoms with E-state index in [2.05, 4.69) is 10.3 Å². The van der Waals surface area contributed by atoms with Crippen molar-refractivity contribution in [1.29, 1.82) is 0 Å². The summed E-state index contributed by atoms with van der Waals surface area (Å²) in [6.45, 7) is 6.28. The van der Waals surface area contributed by atoms with Gasteiger partial charge in [0.25, 0.3) is 0 Å². The molecule has 0 aromatic carbocycles.